The summed E-state index contributed by atoms with van der Waals surface area (Å²) in [7, 11) is 1.66. The lowest BCUT2D eigenvalue weighted by Crippen LogP contribution is -2.03. The Labute approximate surface area is 106 Å². The van der Waals surface area contributed by atoms with Gasteiger partial charge in [-0.25, -0.2) is 4.68 Å². The summed E-state index contributed by atoms with van der Waals surface area (Å²) in [6.45, 7) is 0. The van der Waals surface area contributed by atoms with Crippen LogP contribution in [0.2, 0.25) is 0 Å². The smallest absolute Gasteiger partial charge is 0.130 e. The fraction of sp³-hybridized carbons (Fsp3) is 0.357. The maximum atomic E-state index is 6.21. The van der Waals surface area contributed by atoms with Crippen LogP contribution < -0.4 is 10.5 Å². The quantitative estimate of drug-likeness (QED) is 0.880. The van der Waals surface area contributed by atoms with E-state index in [1.165, 1.54) is 18.4 Å². The van der Waals surface area contributed by atoms with Crippen LogP contribution in [0.1, 0.15) is 24.1 Å². The molecule has 2 N–H and O–H groups in total. The predicted molar refractivity (Wildman–Crippen MR) is 71.2 cm³/mol. The van der Waals surface area contributed by atoms with Crippen LogP contribution in [0.3, 0.4) is 0 Å². The average Bonchev–Trinajstić information content (AvgIpc) is 2.77. The monoisotopic (exact) mass is 243 g/mol. The Kier molecular flexibility index (Phi) is 2.70. The number of benzene rings is 1. The van der Waals surface area contributed by atoms with E-state index in [0.717, 1.165) is 35.8 Å². The van der Waals surface area contributed by atoms with Crippen LogP contribution >= 0.6 is 0 Å². The Morgan fingerprint density at radius 2 is 2.11 bits per heavy atom. The molecule has 4 heteroatoms. The molecule has 0 radical (unpaired) electrons. The molecule has 94 valence electrons. The number of nitrogen functional groups attached to an aromatic ring is 1. The summed E-state index contributed by atoms with van der Waals surface area (Å²) in [4.78, 5) is 0. The molecular formula is C14H17N3O. The Hall–Kier alpha value is -1.97. The molecule has 1 aliphatic rings. The molecule has 0 fully saturated rings. The van der Waals surface area contributed by atoms with Crippen molar-refractivity contribution in [1.82, 2.24) is 9.78 Å². The number of hydrogen-bond acceptors (Lipinski definition) is 3. The molecule has 1 aromatic carbocycles. The highest BCUT2D eigenvalue weighted by Gasteiger charge is 2.19. The molecule has 0 unspecified atom stereocenters. The molecule has 0 atom stereocenters. The lowest BCUT2D eigenvalue weighted by molar-refractivity contribution is 0.414. The minimum atomic E-state index is 0.776. The third kappa shape index (κ3) is 1.74. The van der Waals surface area contributed by atoms with Crippen LogP contribution in [0.4, 0.5) is 5.82 Å². The standard InChI is InChI=1S/C14H17N3O/c1-18-11-6-4-5-10(9-11)17-14(15)12-7-2-3-8-13(12)16-17/h4-6,9H,2-3,7-8,15H2,1H3. The number of methoxy groups -OCH3 is 1. The van der Waals surface area contributed by atoms with Gasteiger partial charge in [0.15, 0.2) is 0 Å². The summed E-state index contributed by atoms with van der Waals surface area (Å²) >= 11 is 0. The van der Waals surface area contributed by atoms with Crippen molar-refractivity contribution in [2.24, 2.45) is 0 Å². The topological polar surface area (TPSA) is 53.1 Å². The lowest BCUT2D eigenvalue weighted by atomic mass is 9.98. The van der Waals surface area contributed by atoms with Crippen molar-refractivity contribution in [3.8, 4) is 11.4 Å². The van der Waals surface area contributed by atoms with E-state index in [1.54, 1.807) is 7.11 Å². The first-order valence-electron chi connectivity index (χ1n) is 6.30. The Morgan fingerprint density at radius 1 is 1.28 bits per heavy atom. The number of anilines is 1. The van der Waals surface area contributed by atoms with Crippen LogP contribution in [0, 0.1) is 0 Å². The van der Waals surface area contributed by atoms with Gasteiger partial charge < -0.3 is 10.5 Å². The zero-order valence-corrected chi connectivity index (χ0v) is 10.5. The maximum Gasteiger partial charge on any atom is 0.130 e. The molecule has 0 spiro atoms. The number of nitrogens with zero attached hydrogens (tertiary/aromatic N) is 2. The highest BCUT2D eigenvalue weighted by molar-refractivity contribution is 5.52. The first kappa shape index (κ1) is 11.1. The largest absolute Gasteiger partial charge is 0.497 e. The second-order valence-electron chi connectivity index (χ2n) is 4.63. The van der Waals surface area contributed by atoms with E-state index in [2.05, 4.69) is 5.10 Å². The molecule has 4 nitrogen and oxygen atoms in total. The highest BCUT2D eigenvalue weighted by atomic mass is 16.5. The van der Waals surface area contributed by atoms with Gasteiger partial charge in [0.05, 0.1) is 18.5 Å². The van der Waals surface area contributed by atoms with E-state index in [1.807, 2.05) is 28.9 Å². The van der Waals surface area contributed by atoms with Crippen molar-refractivity contribution in [3.05, 3.63) is 35.5 Å². The normalized spacial score (nSPS) is 14.3. The second kappa shape index (κ2) is 4.37. The lowest BCUT2D eigenvalue weighted by Gasteiger charge is -2.08. The summed E-state index contributed by atoms with van der Waals surface area (Å²) < 4.78 is 7.07. The van der Waals surface area contributed by atoms with Gasteiger partial charge >= 0.3 is 0 Å². The molecule has 0 amide bonds. The van der Waals surface area contributed by atoms with Gasteiger partial charge in [-0.2, -0.15) is 5.10 Å². The van der Waals surface area contributed by atoms with Crippen molar-refractivity contribution >= 4 is 5.82 Å². The summed E-state index contributed by atoms with van der Waals surface area (Å²) in [5.41, 5.74) is 9.55. The Balaban J connectivity index is 2.08. The van der Waals surface area contributed by atoms with Gasteiger partial charge in [-0.15, -0.1) is 0 Å². The molecule has 3 rings (SSSR count). The molecule has 0 aliphatic heterocycles. The van der Waals surface area contributed by atoms with Crippen LogP contribution in [0.15, 0.2) is 24.3 Å². The first-order valence-corrected chi connectivity index (χ1v) is 6.30. The molecule has 0 bridgehead atoms. The number of aromatic nitrogens is 2. The van der Waals surface area contributed by atoms with Crippen molar-refractivity contribution < 1.29 is 4.74 Å². The summed E-state index contributed by atoms with van der Waals surface area (Å²) in [5.74, 6) is 1.60. The number of fused-ring (bicyclic) bond motifs is 1. The molecule has 1 aromatic heterocycles. The summed E-state index contributed by atoms with van der Waals surface area (Å²) in [6, 6.07) is 7.82. The van der Waals surface area contributed by atoms with E-state index >= 15 is 0 Å². The minimum Gasteiger partial charge on any atom is -0.497 e. The van der Waals surface area contributed by atoms with Gasteiger partial charge in [0.2, 0.25) is 0 Å². The number of rotatable bonds is 2. The number of aryl methyl sites for hydroxylation is 1. The van der Waals surface area contributed by atoms with Gasteiger partial charge in [0, 0.05) is 11.6 Å². The van der Waals surface area contributed by atoms with E-state index in [4.69, 9.17) is 10.5 Å². The third-order valence-corrected chi connectivity index (χ3v) is 3.49. The minimum absolute atomic E-state index is 0.776. The molecule has 1 heterocycles. The highest BCUT2D eigenvalue weighted by Crippen LogP contribution is 2.28. The van der Waals surface area contributed by atoms with E-state index in [-0.39, 0.29) is 0 Å². The summed E-state index contributed by atoms with van der Waals surface area (Å²) in [5, 5.41) is 4.63. The number of nitrogens with two attached hydrogens (primary N) is 1. The van der Waals surface area contributed by atoms with Crippen molar-refractivity contribution in [1.29, 1.82) is 0 Å². The SMILES string of the molecule is COc1cccc(-n2nc3c(c2N)CCCC3)c1. The van der Waals surface area contributed by atoms with E-state index < -0.39 is 0 Å². The first-order chi connectivity index (χ1) is 8.79. The molecule has 0 saturated heterocycles. The van der Waals surface area contributed by atoms with Gasteiger partial charge in [-0.3, -0.25) is 0 Å². The molecule has 0 saturated carbocycles. The van der Waals surface area contributed by atoms with Crippen molar-refractivity contribution in [2.75, 3.05) is 12.8 Å². The molecule has 1 aliphatic carbocycles. The van der Waals surface area contributed by atoms with Gasteiger partial charge in [-0.05, 0) is 37.8 Å². The van der Waals surface area contributed by atoms with Crippen LogP contribution in [0.25, 0.3) is 5.69 Å². The van der Waals surface area contributed by atoms with Crippen molar-refractivity contribution in [3.63, 3.8) is 0 Å². The number of hydrogen-bond donors (Lipinski definition) is 1. The third-order valence-electron chi connectivity index (χ3n) is 3.49. The van der Waals surface area contributed by atoms with Gasteiger partial charge in [-0.1, -0.05) is 6.07 Å². The van der Waals surface area contributed by atoms with Gasteiger partial charge in [0.1, 0.15) is 11.6 Å². The van der Waals surface area contributed by atoms with Crippen LogP contribution in [-0.4, -0.2) is 16.9 Å². The zero-order chi connectivity index (χ0) is 12.5. The molecule has 18 heavy (non-hydrogen) atoms. The molecular weight excluding hydrogens is 226 g/mol. The average molecular weight is 243 g/mol. The van der Waals surface area contributed by atoms with E-state index in [0.29, 0.717) is 0 Å². The van der Waals surface area contributed by atoms with E-state index in [9.17, 15) is 0 Å². The predicted octanol–water partition coefficient (Wildman–Crippen LogP) is 2.34. The van der Waals surface area contributed by atoms with Crippen molar-refractivity contribution in [2.45, 2.75) is 25.7 Å². The zero-order valence-electron chi connectivity index (χ0n) is 10.5. The Morgan fingerprint density at radius 3 is 2.89 bits per heavy atom. The Bertz CT molecular complexity index is 574. The fourth-order valence-electron chi connectivity index (χ4n) is 2.52. The fourth-order valence-corrected chi connectivity index (χ4v) is 2.52. The van der Waals surface area contributed by atoms with Crippen LogP contribution in [0.5, 0.6) is 5.75 Å². The molecule has 2 aromatic rings. The second-order valence-corrected chi connectivity index (χ2v) is 4.63. The van der Waals surface area contributed by atoms with Crippen LogP contribution in [-0.2, 0) is 12.8 Å². The van der Waals surface area contributed by atoms with Gasteiger partial charge in [0.25, 0.3) is 0 Å². The number of ether oxygens (including phenoxy) is 1. The summed E-state index contributed by atoms with van der Waals surface area (Å²) in [6.07, 6.45) is 4.50. The maximum absolute atomic E-state index is 6.21.